The number of aliphatic hydroxyl groups is 1. The van der Waals surface area contributed by atoms with Crippen molar-refractivity contribution in [2.75, 3.05) is 27.8 Å². The van der Waals surface area contributed by atoms with Crippen LogP contribution in [0.2, 0.25) is 0 Å². The average Bonchev–Trinajstić information content (AvgIpc) is 2.30. The van der Waals surface area contributed by atoms with Gasteiger partial charge in [-0.3, -0.25) is 0 Å². The maximum atomic E-state index is 9.33. The predicted molar refractivity (Wildman–Crippen MR) is 74.0 cm³/mol. The highest BCUT2D eigenvalue weighted by Crippen LogP contribution is 2.33. The second-order valence-corrected chi connectivity index (χ2v) is 4.95. The van der Waals surface area contributed by atoms with Crippen LogP contribution in [-0.4, -0.2) is 43.9 Å². The van der Waals surface area contributed by atoms with Gasteiger partial charge in [-0.05, 0) is 45.1 Å². The molecule has 1 aromatic rings. The van der Waals surface area contributed by atoms with Crippen LogP contribution in [0.5, 0.6) is 5.75 Å². The van der Waals surface area contributed by atoms with Gasteiger partial charge in [-0.15, -0.1) is 0 Å². The van der Waals surface area contributed by atoms with Crippen LogP contribution in [0, 0.1) is 13.8 Å². The van der Waals surface area contributed by atoms with Crippen molar-refractivity contribution in [3.8, 4) is 5.75 Å². The Balaban J connectivity index is 3.35. The first kappa shape index (κ1) is 15.0. The normalized spacial score (nSPS) is 14.7. The molecule has 3 N–H and O–H groups in total. The Bertz CT molecular complexity index is 405. The van der Waals surface area contributed by atoms with Crippen molar-refractivity contribution in [2.24, 2.45) is 5.73 Å². The lowest BCUT2D eigenvalue weighted by molar-refractivity contribution is 0.178. The molecule has 0 saturated heterocycles. The third-order valence-corrected chi connectivity index (χ3v) is 3.18. The summed E-state index contributed by atoms with van der Waals surface area (Å²) in [4.78, 5) is 2.01. The molecule has 0 heterocycles. The summed E-state index contributed by atoms with van der Waals surface area (Å²) < 4.78 is 5.47. The van der Waals surface area contributed by atoms with Gasteiger partial charge in [0.05, 0.1) is 19.8 Å². The van der Waals surface area contributed by atoms with Crippen LogP contribution in [-0.2, 0) is 0 Å². The minimum atomic E-state index is -0.338. The molecule has 18 heavy (non-hydrogen) atoms. The van der Waals surface area contributed by atoms with Crippen molar-refractivity contribution >= 4 is 0 Å². The maximum absolute atomic E-state index is 9.33. The standard InChI is InChI=1S/C14H24N2O2/c1-9-6-10(2)13(12(7-9)18-5)14(16(3)4)11(15)8-17/h6-7,11,14,17H,8,15H2,1-5H3. The lowest BCUT2D eigenvalue weighted by atomic mass is 9.92. The quantitative estimate of drug-likeness (QED) is 0.827. The molecule has 102 valence electrons. The zero-order valence-corrected chi connectivity index (χ0v) is 11.9. The van der Waals surface area contributed by atoms with E-state index in [2.05, 4.69) is 6.07 Å². The zero-order chi connectivity index (χ0) is 13.9. The highest BCUT2D eigenvalue weighted by atomic mass is 16.5. The number of aryl methyl sites for hydroxylation is 2. The van der Waals surface area contributed by atoms with Gasteiger partial charge in [0.2, 0.25) is 0 Å². The minimum Gasteiger partial charge on any atom is -0.496 e. The predicted octanol–water partition coefficient (Wildman–Crippen LogP) is 1.23. The molecule has 4 nitrogen and oxygen atoms in total. The number of ether oxygens (including phenoxy) is 1. The summed E-state index contributed by atoms with van der Waals surface area (Å²) in [7, 11) is 5.58. The molecule has 0 aliphatic rings. The van der Waals surface area contributed by atoms with E-state index in [1.807, 2.05) is 38.9 Å². The molecule has 1 aromatic carbocycles. The van der Waals surface area contributed by atoms with Gasteiger partial charge in [0.15, 0.2) is 0 Å². The van der Waals surface area contributed by atoms with Crippen LogP contribution < -0.4 is 10.5 Å². The van der Waals surface area contributed by atoms with E-state index in [1.165, 1.54) is 0 Å². The number of methoxy groups -OCH3 is 1. The molecule has 4 heteroatoms. The van der Waals surface area contributed by atoms with Crippen LogP contribution in [0.3, 0.4) is 0 Å². The van der Waals surface area contributed by atoms with Gasteiger partial charge in [0.1, 0.15) is 5.75 Å². The molecule has 0 bridgehead atoms. The average molecular weight is 252 g/mol. The first-order valence-corrected chi connectivity index (χ1v) is 6.10. The summed E-state index contributed by atoms with van der Waals surface area (Å²) in [6.07, 6.45) is 0. The van der Waals surface area contributed by atoms with Gasteiger partial charge < -0.3 is 20.5 Å². The Labute approximate surface area is 109 Å². The van der Waals surface area contributed by atoms with E-state index in [1.54, 1.807) is 7.11 Å². The van der Waals surface area contributed by atoms with E-state index >= 15 is 0 Å². The topological polar surface area (TPSA) is 58.7 Å². The second-order valence-electron chi connectivity index (χ2n) is 4.95. The highest BCUT2D eigenvalue weighted by Gasteiger charge is 2.26. The summed E-state index contributed by atoms with van der Waals surface area (Å²) >= 11 is 0. The van der Waals surface area contributed by atoms with Gasteiger partial charge in [-0.1, -0.05) is 6.07 Å². The third kappa shape index (κ3) is 3.02. The van der Waals surface area contributed by atoms with Crippen molar-refractivity contribution in [3.05, 3.63) is 28.8 Å². The molecule has 0 aliphatic carbocycles. The van der Waals surface area contributed by atoms with E-state index in [0.717, 1.165) is 22.4 Å². The molecule has 0 aliphatic heterocycles. The maximum Gasteiger partial charge on any atom is 0.124 e. The van der Waals surface area contributed by atoms with Gasteiger partial charge in [0.25, 0.3) is 0 Å². The number of benzene rings is 1. The molecule has 1 rings (SSSR count). The molecule has 0 aromatic heterocycles. The highest BCUT2D eigenvalue weighted by molar-refractivity contribution is 5.45. The number of hydrogen-bond acceptors (Lipinski definition) is 4. The van der Waals surface area contributed by atoms with E-state index < -0.39 is 0 Å². The second kappa shape index (κ2) is 6.18. The number of likely N-dealkylation sites (N-methyl/N-ethyl adjacent to an activating group) is 1. The van der Waals surface area contributed by atoms with Crippen molar-refractivity contribution in [3.63, 3.8) is 0 Å². The summed E-state index contributed by atoms with van der Waals surface area (Å²) in [6, 6.07) is 3.71. The Hall–Kier alpha value is -1.10. The largest absolute Gasteiger partial charge is 0.496 e. The lowest BCUT2D eigenvalue weighted by Gasteiger charge is -2.31. The van der Waals surface area contributed by atoms with Crippen molar-refractivity contribution in [1.82, 2.24) is 4.90 Å². The number of nitrogens with two attached hydrogens (primary N) is 1. The fourth-order valence-electron chi connectivity index (χ4n) is 2.44. The minimum absolute atomic E-state index is 0.0562. The molecule has 0 fully saturated rings. The molecule has 0 saturated carbocycles. The van der Waals surface area contributed by atoms with Gasteiger partial charge in [0, 0.05) is 11.6 Å². The van der Waals surface area contributed by atoms with Crippen LogP contribution in [0.1, 0.15) is 22.7 Å². The summed E-state index contributed by atoms with van der Waals surface area (Å²) in [6.45, 7) is 4.03. The van der Waals surface area contributed by atoms with Crippen molar-refractivity contribution in [2.45, 2.75) is 25.9 Å². The zero-order valence-electron chi connectivity index (χ0n) is 11.9. The van der Waals surface area contributed by atoms with Crippen LogP contribution in [0.4, 0.5) is 0 Å². The number of aliphatic hydroxyl groups excluding tert-OH is 1. The first-order chi connectivity index (χ1) is 8.42. The molecular weight excluding hydrogens is 228 g/mol. The van der Waals surface area contributed by atoms with Crippen LogP contribution in [0.15, 0.2) is 12.1 Å². The number of nitrogens with zero attached hydrogens (tertiary/aromatic N) is 1. The number of hydrogen-bond donors (Lipinski definition) is 2. The first-order valence-electron chi connectivity index (χ1n) is 6.10. The Kier molecular flexibility index (Phi) is 5.14. The van der Waals surface area contributed by atoms with Gasteiger partial charge in [-0.2, -0.15) is 0 Å². The molecule has 0 radical (unpaired) electrons. The van der Waals surface area contributed by atoms with Crippen molar-refractivity contribution in [1.29, 1.82) is 0 Å². The number of rotatable bonds is 5. The van der Waals surface area contributed by atoms with Crippen LogP contribution >= 0.6 is 0 Å². The van der Waals surface area contributed by atoms with Crippen molar-refractivity contribution < 1.29 is 9.84 Å². The Morgan fingerprint density at radius 1 is 1.33 bits per heavy atom. The monoisotopic (exact) mass is 252 g/mol. The Morgan fingerprint density at radius 3 is 2.39 bits per heavy atom. The Morgan fingerprint density at radius 2 is 1.94 bits per heavy atom. The molecule has 2 unspecified atom stereocenters. The third-order valence-electron chi connectivity index (χ3n) is 3.18. The summed E-state index contributed by atoms with van der Waals surface area (Å²) in [5.41, 5.74) is 9.37. The fraction of sp³-hybridized carbons (Fsp3) is 0.571. The van der Waals surface area contributed by atoms with Crippen LogP contribution in [0.25, 0.3) is 0 Å². The summed E-state index contributed by atoms with van der Waals surface area (Å²) in [5.74, 6) is 0.829. The molecular formula is C14H24N2O2. The fourth-order valence-corrected chi connectivity index (χ4v) is 2.44. The van der Waals surface area contributed by atoms with E-state index in [4.69, 9.17) is 10.5 Å². The van der Waals surface area contributed by atoms with Gasteiger partial charge >= 0.3 is 0 Å². The van der Waals surface area contributed by atoms with E-state index in [-0.39, 0.29) is 18.7 Å². The smallest absolute Gasteiger partial charge is 0.124 e. The SMILES string of the molecule is COc1cc(C)cc(C)c1C(C(N)CO)N(C)C. The molecule has 2 atom stereocenters. The van der Waals surface area contributed by atoms with E-state index in [9.17, 15) is 5.11 Å². The summed E-state index contributed by atoms with van der Waals surface area (Å²) in [5, 5.41) is 9.33. The molecule has 0 amide bonds. The molecule has 0 spiro atoms. The lowest BCUT2D eigenvalue weighted by Crippen LogP contribution is -2.40. The van der Waals surface area contributed by atoms with Gasteiger partial charge in [-0.25, -0.2) is 0 Å². The van der Waals surface area contributed by atoms with E-state index in [0.29, 0.717) is 0 Å².